The molecule has 1 atom stereocenters. The predicted octanol–water partition coefficient (Wildman–Crippen LogP) is 4.65. The van der Waals surface area contributed by atoms with Crippen molar-refractivity contribution in [3.63, 3.8) is 0 Å². The topological polar surface area (TPSA) is 88.6 Å². The van der Waals surface area contributed by atoms with E-state index in [1.165, 1.54) is 0 Å². The number of aromatic nitrogens is 1. The van der Waals surface area contributed by atoms with Crippen LogP contribution in [0.4, 0.5) is 10.6 Å². The lowest BCUT2D eigenvalue weighted by molar-refractivity contribution is 0.0635. The molecule has 1 saturated heterocycles. The first-order valence-electron chi connectivity index (χ1n) is 10.1. The number of rotatable bonds is 4. The number of amides is 1. The van der Waals surface area contributed by atoms with Gasteiger partial charge < -0.3 is 4.74 Å². The second-order valence-electron chi connectivity index (χ2n) is 8.54. The first-order valence-corrected chi connectivity index (χ1v) is 11.5. The van der Waals surface area contributed by atoms with Crippen LogP contribution in [0.1, 0.15) is 57.2 Å². The van der Waals surface area contributed by atoms with Crippen molar-refractivity contribution in [2.75, 3.05) is 11.9 Å². The summed E-state index contributed by atoms with van der Waals surface area (Å²) in [4.78, 5) is 16.5. The van der Waals surface area contributed by atoms with Crippen LogP contribution >= 0.6 is 0 Å². The van der Waals surface area contributed by atoms with Gasteiger partial charge in [-0.15, -0.1) is 0 Å². The van der Waals surface area contributed by atoms with Crippen molar-refractivity contribution >= 4 is 21.9 Å². The van der Waals surface area contributed by atoms with Crippen LogP contribution in [0, 0.1) is 6.92 Å². The Labute approximate surface area is 178 Å². The Morgan fingerprint density at radius 2 is 1.83 bits per heavy atom. The zero-order valence-electron chi connectivity index (χ0n) is 17.9. The number of aryl methyl sites for hydroxylation is 1. The molecule has 0 spiro atoms. The summed E-state index contributed by atoms with van der Waals surface area (Å²) >= 11 is 0. The average molecular weight is 432 g/mol. The molecule has 0 aliphatic carbocycles. The number of nitrogens with one attached hydrogen (secondary N) is 1. The van der Waals surface area contributed by atoms with Gasteiger partial charge in [0.2, 0.25) is 10.0 Å². The van der Waals surface area contributed by atoms with Crippen LogP contribution in [-0.4, -0.2) is 35.9 Å². The number of carbonyl (C=O) groups excluding carboxylic acids is 1. The number of anilines is 1. The quantitative estimate of drug-likeness (QED) is 0.761. The number of carbonyl (C=O) groups is 1. The van der Waals surface area contributed by atoms with E-state index in [9.17, 15) is 13.2 Å². The fourth-order valence-corrected chi connectivity index (χ4v) is 5.14. The SMILES string of the molecule is Cc1ccc(S(=O)(=O)N2CCCCC2c2ccc(NC(=O)OC(C)(C)C)nc2)cc1. The monoisotopic (exact) mass is 431 g/mol. The average Bonchev–Trinajstić information content (AvgIpc) is 2.67. The summed E-state index contributed by atoms with van der Waals surface area (Å²) in [6.45, 7) is 7.76. The predicted molar refractivity (Wildman–Crippen MR) is 116 cm³/mol. The molecule has 1 aliphatic heterocycles. The van der Waals surface area contributed by atoms with Crippen molar-refractivity contribution in [1.82, 2.24) is 9.29 Å². The maximum Gasteiger partial charge on any atom is 0.413 e. The normalized spacial score (nSPS) is 18.1. The fraction of sp³-hybridized carbons (Fsp3) is 0.455. The summed E-state index contributed by atoms with van der Waals surface area (Å²) in [7, 11) is -3.61. The third kappa shape index (κ3) is 5.37. The number of benzene rings is 1. The Morgan fingerprint density at radius 1 is 1.13 bits per heavy atom. The van der Waals surface area contributed by atoms with Gasteiger partial charge in [0, 0.05) is 12.7 Å². The summed E-state index contributed by atoms with van der Waals surface area (Å²) in [5.41, 5.74) is 1.22. The molecule has 1 unspecified atom stereocenters. The van der Waals surface area contributed by atoms with E-state index in [2.05, 4.69) is 10.3 Å². The molecule has 2 heterocycles. The first kappa shape index (κ1) is 22.2. The van der Waals surface area contributed by atoms with Crippen molar-refractivity contribution in [1.29, 1.82) is 0 Å². The Hall–Kier alpha value is -2.45. The van der Waals surface area contributed by atoms with Crippen molar-refractivity contribution in [2.45, 2.75) is 63.5 Å². The molecule has 1 aromatic carbocycles. The molecule has 3 rings (SSSR count). The van der Waals surface area contributed by atoms with E-state index in [4.69, 9.17) is 4.74 Å². The van der Waals surface area contributed by atoms with Gasteiger partial charge in [-0.3, -0.25) is 5.32 Å². The third-order valence-electron chi connectivity index (χ3n) is 4.88. The van der Waals surface area contributed by atoms with Gasteiger partial charge in [0.25, 0.3) is 0 Å². The zero-order chi connectivity index (χ0) is 21.9. The van der Waals surface area contributed by atoms with E-state index in [0.717, 1.165) is 30.4 Å². The van der Waals surface area contributed by atoms with E-state index in [-0.39, 0.29) is 6.04 Å². The van der Waals surface area contributed by atoms with Gasteiger partial charge in [0.1, 0.15) is 11.4 Å². The van der Waals surface area contributed by atoms with Crippen LogP contribution in [0.3, 0.4) is 0 Å². The Morgan fingerprint density at radius 3 is 2.43 bits per heavy atom. The van der Waals surface area contributed by atoms with Crippen molar-refractivity contribution in [3.8, 4) is 0 Å². The first-order chi connectivity index (χ1) is 14.1. The molecule has 30 heavy (non-hydrogen) atoms. The minimum atomic E-state index is -3.61. The van der Waals surface area contributed by atoms with Crippen LogP contribution in [0.2, 0.25) is 0 Å². The van der Waals surface area contributed by atoms with Gasteiger partial charge >= 0.3 is 6.09 Å². The van der Waals surface area contributed by atoms with Crippen LogP contribution in [0.15, 0.2) is 47.5 Å². The van der Waals surface area contributed by atoms with Gasteiger partial charge in [-0.05, 0) is 64.3 Å². The smallest absolute Gasteiger partial charge is 0.413 e. The molecule has 0 saturated carbocycles. The molecule has 1 fully saturated rings. The molecule has 1 N–H and O–H groups in total. The maximum absolute atomic E-state index is 13.3. The molecule has 0 radical (unpaired) electrons. The summed E-state index contributed by atoms with van der Waals surface area (Å²) in [6.07, 6.45) is 3.55. The lowest BCUT2D eigenvalue weighted by Gasteiger charge is -2.35. The van der Waals surface area contributed by atoms with E-state index in [1.54, 1.807) is 49.5 Å². The molecule has 2 aromatic rings. The van der Waals surface area contributed by atoms with Crippen LogP contribution in [0.5, 0.6) is 0 Å². The number of hydrogen-bond donors (Lipinski definition) is 1. The highest BCUT2D eigenvalue weighted by molar-refractivity contribution is 7.89. The molecule has 1 aromatic heterocycles. The molecule has 1 aliphatic rings. The second-order valence-corrected chi connectivity index (χ2v) is 10.4. The van der Waals surface area contributed by atoms with E-state index < -0.39 is 21.7 Å². The van der Waals surface area contributed by atoms with Gasteiger partial charge in [-0.1, -0.05) is 30.2 Å². The van der Waals surface area contributed by atoms with Crippen molar-refractivity contribution in [2.24, 2.45) is 0 Å². The Kier molecular flexibility index (Phi) is 6.47. The molecular formula is C22H29N3O4S. The van der Waals surface area contributed by atoms with Gasteiger partial charge in [-0.2, -0.15) is 4.31 Å². The van der Waals surface area contributed by atoms with Crippen molar-refractivity contribution in [3.05, 3.63) is 53.7 Å². The lowest BCUT2D eigenvalue weighted by atomic mass is 9.99. The molecular weight excluding hydrogens is 402 g/mol. The summed E-state index contributed by atoms with van der Waals surface area (Å²) in [5, 5.41) is 2.60. The minimum Gasteiger partial charge on any atom is -0.444 e. The van der Waals surface area contributed by atoms with Crippen LogP contribution < -0.4 is 5.32 Å². The maximum atomic E-state index is 13.3. The molecule has 7 nitrogen and oxygen atoms in total. The summed E-state index contributed by atoms with van der Waals surface area (Å²) in [6, 6.07) is 10.1. The lowest BCUT2D eigenvalue weighted by Crippen LogP contribution is -2.38. The molecule has 1 amide bonds. The fourth-order valence-electron chi connectivity index (χ4n) is 3.46. The highest BCUT2D eigenvalue weighted by Gasteiger charge is 2.34. The van der Waals surface area contributed by atoms with Crippen molar-refractivity contribution < 1.29 is 17.9 Å². The highest BCUT2D eigenvalue weighted by atomic mass is 32.2. The number of sulfonamides is 1. The largest absolute Gasteiger partial charge is 0.444 e. The molecule has 8 heteroatoms. The minimum absolute atomic E-state index is 0.284. The van der Waals surface area contributed by atoms with Crippen LogP contribution in [0.25, 0.3) is 0 Å². The molecule has 0 bridgehead atoms. The number of piperidine rings is 1. The standard InChI is InChI=1S/C22H29N3O4S/c1-16-8-11-18(12-9-16)30(27,28)25-14-6-5-7-19(25)17-10-13-20(23-15-17)24-21(26)29-22(2,3)4/h8-13,15,19H,5-7,14H2,1-4H3,(H,23,24,26). The van der Waals surface area contributed by atoms with Gasteiger partial charge in [-0.25, -0.2) is 18.2 Å². The molecule has 162 valence electrons. The summed E-state index contributed by atoms with van der Waals surface area (Å²) in [5.74, 6) is 0.358. The van der Waals surface area contributed by atoms with E-state index in [1.807, 2.05) is 25.1 Å². The van der Waals surface area contributed by atoms with Gasteiger partial charge in [0.05, 0.1) is 10.9 Å². The van der Waals surface area contributed by atoms with E-state index >= 15 is 0 Å². The Bertz CT molecular complexity index is 981. The number of hydrogen-bond acceptors (Lipinski definition) is 5. The summed E-state index contributed by atoms with van der Waals surface area (Å²) < 4.78 is 33.3. The van der Waals surface area contributed by atoms with Gasteiger partial charge in [0.15, 0.2) is 0 Å². The second kappa shape index (κ2) is 8.73. The highest BCUT2D eigenvalue weighted by Crippen LogP contribution is 2.35. The number of ether oxygens (including phenoxy) is 1. The Balaban J connectivity index is 1.79. The zero-order valence-corrected chi connectivity index (χ0v) is 18.7. The van der Waals surface area contributed by atoms with E-state index in [0.29, 0.717) is 17.3 Å². The van der Waals surface area contributed by atoms with Crippen LogP contribution in [-0.2, 0) is 14.8 Å². The number of pyridine rings is 1. The number of nitrogens with zero attached hydrogens (tertiary/aromatic N) is 2. The third-order valence-corrected chi connectivity index (χ3v) is 6.80.